The lowest BCUT2D eigenvalue weighted by atomic mass is 10.0. The molecule has 4 heteroatoms. The van der Waals surface area contributed by atoms with Crippen molar-refractivity contribution in [2.45, 2.75) is 10.8 Å². The number of hydrogen-bond donors (Lipinski definition) is 2. The summed E-state index contributed by atoms with van der Waals surface area (Å²) in [5.41, 5.74) is 6.81. The SMILES string of the molecule is COc1cccc(SCC(C(=N)N)c2ccccc2)c1. The van der Waals surface area contributed by atoms with Crippen LogP contribution in [-0.4, -0.2) is 18.7 Å². The summed E-state index contributed by atoms with van der Waals surface area (Å²) in [6.45, 7) is 0. The van der Waals surface area contributed by atoms with E-state index in [4.69, 9.17) is 15.9 Å². The molecule has 0 spiro atoms. The van der Waals surface area contributed by atoms with Crippen LogP contribution in [0.1, 0.15) is 11.5 Å². The summed E-state index contributed by atoms with van der Waals surface area (Å²) < 4.78 is 5.21. The van der Waals surface area contributed by atoms with Crippen LogP contribution in [0.5, 0.6) is 5.75 Å². The highest BCUT2D eigenvalue weighted by molar-refractivity contribution is 7.99. The molecule has 0 bridgehead atoms. The molecule has 0 saturated carbocycles. The van der Waals surface area contributed by atoms with E-state index >= 15 is 0 Å². The number of ether oxygens (including phenoxy) is 1. The molecule has 2 aromatic carbocycles. The maximum atomic E-state index is 7.77. The minimum atomic E-state index is -0.0626. The fourth-order valence-electron chi connectivity index (χ4n) is 1.92. The molecule has 0 radical (unpaired) electrons. The fraction of sp³-hybridized carbons (Fsp3) is 0.188. The van der Waals surface area contributed by atoms with E-state index in [1.807, 2.05) is 54.6 Å². The Bertz CT molecular complexity index is 572. The standard InChI is InChI=1S/C16H18N2OS/c1-19-13-8-5-9-14(10-13)20-11-15(16(17)18)12-6-3-2-4-7-12/h2-10,15H,11H2,1H3,(H3,17,18). The minimum absolute atomic E-state index is 0.0626. The lowest BCUT2D eigenvalue weighted by Gasteiger charge is -2.15. The molecule has 20 heavy (non-hydrogen) atoms. The van der Waals surface area contributed by atoms with Gasteiger partial charge in [0.25, 0.3) is 0 Å². The number of hydrogen-bond acceptors (Lipinski definition) is 3. The molecule has 0 aliphatic heterocycles. The topological polar surface area (TPSA) is 59.1 Å². The molecule has 3 nitrogen and oxygen atoms in total. The van der Waals surface area contributed by atoms with Gasteiger partial charge in [-0.3, -0.25) is 5.41 Å². The maximum Gasteiger partial charge on any atom is 0.119 e. The molecule has 3 N–H and O–H groups in total. The molecule has 104 valence electrons. The predicted molar refractivity (Wildman–Crippen MR) is 84.8 cm³/mol. The second-order valence-electron chi connectivity index (χ2n) is 4.41. The first-order valence-corrected chi connectivity index (χ1v) is 7.35. The van der Waals surface area contributed by atoms with Crippen molar-refractivity contribution < 1.29 is 4.74 Å². The molecule has 1 atom stereocenters. The maximum absolute atomic E-state index is 7.77. The van der Waals surface area contributed by atoms with Gasteiger partial charge < -0.3 is 10.5 Å². The average molecular weight is 286 g/mol. The van der Waals surface area contributed by atoms with Crippen molar-refractivity contribution >= 4 is 17.6 Å². The van der Waals surface area contributed by atoms with Gasteiger partial charge in [0, 0.05) is 10.6 Å². The van der Waals surface area contributed by atoms with Crippen molar-refractivity contribution in [2.24, 2.45) is 5.73 Å². The average Bonchev–Trinajstić information content (AvgIpc) is 2.48. The Kier molecular flexibility index (Phi) is 5.07. The number of thioether (sulfide) groups is 1. The number of benzene rings is 2. The zero-order chi connectivity index (χ0) is 14.4. The summed E-state index contributed by atoms with van der Waals surface area (Å²) >= 11 is 1.68. The number of rotatable bonds is 6. The van der Waals surface area contributed by atoms with Crippen molar-refractivity contribution in [3.63, 3.8) is 0 Å². The molecule has 0 heterocycles. The predicted octanol–water partition coefficient (Wildman–Crippen LogP) is 3.51. The van der Waals surface area contributed by atoms with Gasteiger partial charge in [-0.05, 0) is 23.8 Å². The van der Waals surface area contributed by atoms with Crippen molar-refractivity contribution in [1.82, 2.24) is 0 Å². The highest BCUT2D eigenvalue weighted by Gasteiger charge is 2.15. The summed E-state index contributed by atoms with van der Waals surface area (Å²) in [6.07, 6.45) is 0. The van der Waals surface area contributed by atoms with Crippen LogP contribution in [0.25, 0.3) is 0 Å². The first kappa shape index (κ1) is 14.5. The van der Waals surface area contributed by atoms with Crippen LogP contribution < -0.4 is 10.5 Å². The Morgan fingerprint density at radius 2 is 1.95 bits per heavy atom. The smallest absolute Gasteiger partial charge is 0.119 e. The first-order chi connectivity index (χ1) is 9.70. The lowest BCUT2D eigenvalue weighted by Crippen LogP contribution is -2.22. The zero-order valence-corrected chi connectivity index (χ0v) is 12.2. The molecule has 2 aromatic rings. The van der Waals surface area contributed by atoms with Gasteiger partial charge in [-0.25, -0.2) is 0 Å². The molecule has 0 aliphatic carbocycles. The Morgan fingerprint density at radius 1 is 1.20 bits per heavy atom. The van der Waals surface area contributed by atoms with E-state index in [-0.39, 0.29) is 11.8 Å². The quantitative estimate of drug-likeness (QED) is 0.485. The number of nitrogens with one attached hydrogen (secondary N) is 1. The summed E-state index contributed by atoms with van der Waals surface area (Å²) in [5, 5.41) is 7.77. The zero-order valence-electron chi connectivity index (χ0n) is 11.4. The fourth-order valence-corrected chi connectivity index (χ4v) is 3.03. The van der Waals surface area contributed by atoms with Crippen LogP contribution >= 0.6 is 11.8 Å². The van der Waals surface area contributed by atoms with E-state index < -0.39 is 0 Å². The second kappa shape index (κ2) is 7.01. The molecule has 2 rings (SSSR count). The van der Waals surface area contributed by atoms with E-state index in [2.05, 4.69) is 0 Å². The van der Waals surface area contributed by atoms with Gasteiger partial charge >= 0.3 is 0 Å². The van der Waals surface area contributed by atoms with Crippen molar-refractivity contribution in [3.8, 4) is 5.75 Å². The van der Waals surface area contributed by atoms with Gasteiger partial charge in [0.2, 0.25) is 0 Å². The Labute approximate surface area is 123 Å². The van der Waals surface area contributed by atoms with E-state index in [1.54, 1.807) is 18.9 Å². The molecule has 0 aromatic heterocycles. The summed E-state index contributed by atoms with van der Waals surface area (Å²) in [4.78, 5) is 1.12. The molecule has 1 unspecified atom stereocenters. The largest absolute Gasteiger partial charge is 0.497 e. The molecular weight excluding hydrogens is 268 g/mol. The van der Waals surface area contributed by atoms with E-state index in [0.717, 1.165) is 22.0 Å². The third-order valence-electron chi connectivity index (χ3n) is 3.04. The van der Waals surface area contributed by atoms with Crippen LogP contribution in [0, 0.1) is 5.41 Å². The summed E-state index contributed by atoms with van der Waals surface area (Å²) in [7, 11) is 1.66. The Balaban J connectivity index is 2.08. The number of nitrogens with two attached hydrogens (primary N) is 1. The lowest BCUT2D eigenvalue weighted by molar-refractivity contribution is 0.413. The Morgan fingerprint density at radius 3 is 2.60 bits per heavy atom. The molecule has 0 amide bonds. The highest BCUT2D eigenvalue weighted by atomic mass is 32.2. The molecular formula is C16H18N2OS. The number of amidine groups is 1. The molecule has 0 aliphatic rings. The minimum Gasteiger partial charge on any atom is -0.497 e. The van der Waals surface area contributed by atoms with Gasteiger partial charge in [0.15, 0.2) is 0 Å². The second-order valence-corrected chi connectivity index (χ2v) is 5.50. The van der Waals surface area contributed by atoms with E-state index in [0.29, 0.717) is 0 Å². The third-order valence-corrected chi connectivity index (χ3v) is 4.12. The van der Waals surface area contributed by atoms with Gasteiger partial charge in [0.1, 0.15) is 5.75 Å². The van der Waals surface area contributed by atoms with Crippen LogP contribution in [0.4, 0.5) is 0 Å². The highest BCUT2D eigenvalue weighted by Crippen LogP contribution is 2.28. The Hall–Kier alpha value is -1.94. The van der Waals surface area contributed by atoms with Crippen molar-refractivity contribution in [1.29, 1.82) is 5.41 Å². The molecule has 0 fully saturated rings. The summed E-state index contributed by atoms with van der Waals surface area (Å²) in [5.74, 6) is 1.72. The van der Waals surface area contributed by atoms with Crippen LogP contribution in [0.3, 0.4) is 0 Å². The third kappa shape index (κ3) is 3.78. The van der Waals surface area contributed by atoms with Crippen molar-refractivity contribution in [3.05, 3.63) is 60.2 Å². The first-order valence-electron chi connectivity index (χ1n) is 6.36. The summed E-state index contributed by atoms with van der Waals surface area (Å²) in [6, 6.07) is 17.9. The van der Waals surface area contributed by atoms with Crippen molar-refractivity contribution in [2.75, 3.05) is 12.9 Å². The van der Waals surface area contributed by atoms with Crippen LogP contribution in [-0.2, 0) is 0 Å². The monoisotopic (exact) mass is 286 g/mol. The van der Waals surface area contributed by atoms with E-state index in [9.17, 15) is 0 Å². The number of methoxy groups -OCH3 is 1. The van der Waals surface area contributed by atoms with Gasteiger partial charge in [-0.2, -0.15) is 0 Å². The van der Waals surface area contributed by atoms with Gasteiger partial charge in [-0.15, -0.1) is 11.8 Å². The molecule has 0 saturated heterocycles. The van der Waals surface area contributed by atoms with Gasteiger partial charge in [-0.1, -0.05) is 36.4 Å². The van der Waals surface area contributed by atoms with Crippen LogP contribution in [0.2, 0.25) is 0 Å². The van der Waals surface area contributed by atoms with E-state index in [1.165, 1.54) is 0 Å². The van der Waals surface area contributed by atoms with Gasteiger partial charge in [0.05, 0.1) is 18.9 Å². The van der Waals surface area contributed by atoms with Crippen LogP contribution in [0.15, 0.2) is 59.5 Å². The normalized spacial score (nSPS) is 11.8.